The number of hydrogen-bond acceptors (Lipinski definition) is 1. The Morgan fingerprint density at radius 3 is 1.83 bits per heavy atom. The van der Waals surface area contributed by atoms with E-state index in [1.54, 1.807) is 0 Å². The fourth-order valence-corrected chi connectivity index (χ4v) is 9.01. The smallest absolute Gasteiger partial charge is 0.261 e. The highest BCUT2D eigenvalue weighted by Crippen LogP contribution is 2.37. The van der Waals surface area contributed by atoms with E-state index in [0.29, 0.717) is 11.8 Å². The maximum absolute atomic E-state index is 7.09. The largest absolute Gasteiger partial charge is 0.407 e. The summed E-state index contributed by atoms with van der Waals surface area (Å²) < 4.78 is 7.09. The molecule has 0 aliphatic carbocycles. The minimum atomic E-state index is -2.42. The molecule has 29 heavy (non-hydrogen) atoms. The van der Waals surface area contributed by atoms with Gasteiger partial charge < -0.3 is 4.43 Å². The summed E-state index contributed by atoms with van der Waals surface area (Å²) in [4.78, 5) is 0. The van der Waals surface area contributed by atoms with Crippen molar-refractivity contribution in [2.75, 3.05) is 6.61 Å². The van der Waals surface area contributed by atoms with Crippen LogP contribution in [-0.2, 0) is 4.43 Å². The van der Waals surface area contributed by atoms with E-state index in [1.165, 1.54) is 23.2 Å². The van der Waals surface area contributed by atoms with Crippen LogP contribution in [0.5, 0.6) is 0 Å². The van der Waals surface area contributed by atoms with E-state index in [2.05, 4.69) is 114 Å². The summed E-state index contributed by atoms with van der Waals surface area (Å²) in [6.07, 6.45) is 8.21. The highest BCUT2D eigenvalue weighted by Gasteiger charge is 2.50. The Labute approximate surface area is 180 Å². The first-order chi connectivity index (χ1) is 13.8. The van der Waals surface area contributed by atoms with Gasteiger partial charge in [0, 0.05) is 6.61 Å². The molecule has 1 nitrogen and oxygen atoms in total. The van der Waals surface area contributed by atoms with Crippen molar-refractivity contribution in [2.45, 2.75) is 65.8 Å². The van der Waals surface area contributed by atoms with E-state index in [1.807, 2.05) is 0 Å². The van der Waals surface area contributed by atoms with Crippen LogP contribution >= 0.6 is 0 Å². The average molecular weight is 409 g/mol. The molecule has 0 spiro atoms. The molecule has 0 fully saturated rings. The molecule has 0 aliphatic rings. The van der Waals surface area contributed by atoms with E-state index in [9.17, 15) is 0 Å². The third-order valence-electron chi connectivity index (χ3n) is 5.87. The summed E-state index contributed by atoms with van der Waals surface area (Å²) >= 11 is 0. The van der Waals surface area contributed by atoms with E-state index < -0.39 is 8.32 Å². The summed E-state index contributed by atoms with van der Waals surface area (Å²) in [6.45, 7) is 14.7. The van der Waals surface area contributed by atoms with Gasteiger partial charge in [0.2, 0.25) is 0 Å². The van der Waals surface area contributed by atoms with Crippen molar-refractivity contribution in [3.63, 3.8) is 0 Å². The van der Waals surface area contributed by atoms with Crippen molar-refractivity contribution in [1.29, 1.82) is 0 Å². The molecule has 0 heterocycles. The molecule has 158 valence electrons. The first kappa shape index (κ1) is 23.6. The Bertz CT molecular complexity index is 691. The van der Waals surface area contributed by atoms with Gasteiger partial charge in [0.1, 0.15) is 0 Å². The summed E-state index contributed by atoms with van der Waals surface area (Å²) in [6, 6.07) is 21.9. The van der Waals surface area contributed by atoms with Gasteiger partial charge in [-0.3, -0.25) is 0 Å². The Balaban J connectivity index is 2.35. The van der Waals surface area contributed by atoms with Crippen LogP contribution in [0, 0.1) is 11.8 Å². The normalized spacial score (nSPS) is 14.8. The fraction of sp³-hybridized carbons (Fsp3) is 0.481. The molecule has 0 aromatic heterocycles. The Morgan fingerprint density at radius 2 is 1.41 bits per heavy atom. The second-order valence-electron chi connectivity index (χ2n) is 9.32. The van der Waals surface area contributed by atoms with Gasteiger partial charge in [-0.1, -0.05) is 114 Å². The van der Waals surface area contributed by atoms with Crippen LogP contribution in [0.3, 0.4) is 0 Å². The van der Waals surface area contributed by atoms with Gasteiger partial charge in [0.05, 0.1) is 0 Å². The third kappa shape index (κ3) is 5.93. The van der Waals surface area contributed by atoms with Crippen LogP contribution < -0.4 is 10.4 Å². The Hall–Kier alpha value is -1.64. The van der Waals surface area contributed by atoms with Crippen molar-refractivity contribution in [3.05, 3.63) is 72.8 Å². The van der Waals surface area contributed by atoms with Crippen molar-refractivity contribution in [2.24, 2.45) is 11.8 Å². The van der Waals surface area contributed by atoms with E-state index in [0.717, 1.165) is 13.0 Å². The molecule has 2 rings (SSSR count). The maximum Gasteiger partial charge on any atom is 0.261 e. The predicted molar refractivity (Wildman–Crippen MR) is 131 cm³/mol. The van der Waals surface area contributed by atoms with Crippen LogP contribution in [-0.4, -0.2) is 14.9 Å². The molecule has 0 aliphatic heterocycles. The molecule has 0 saturated carbocycles. The van der Waals surface area contributed by atoms with Crippen LogP contribution in [0.2, 0.25) is 5.04 Å². The zero-order valence-electron chi connectivity index (χ0n) is 19.3. The van der Waals surface area contributed by atoms with Gasteiger partial charge in [0.15, 0.2) is 0 Å². The molecule has 0 N–H and O–H groups in total. The first-order valence-electron chi connectivity index (χ1n) is 11.3. The van der Waals surface area contributed by atoms with E-state index in [-0.39, 0.29) is 5.04 Å². The first-order valence-corrected chi connectivity index (χ1v) is 13.2. The molecule has 0 unspecified atom stereocenters. The predicted octanol–water partition coefficient (Wildman–Crippen LogP) is 6.58. The van der Waals surface area contributed by atoms with Gasteiger partial charge >= 0.3 is 0 Å². The molecule has 0 amide bonds. The van der Waals surface area contributed by atoms with Crippen LogP contribution in [0.4, 0.5) is 0 Å². The molecular formula is C27H40OSi. The van der Waals surface area contributed by atoms with Gasteiger partial charge in [-0.2, -0.15) is 0 Å². The van der Waals surface area contributed by atoms with Gasteiger partial charge in [-0.25, -0.2) is 0 Å². The molecule has 2 aromatic rings. The minimum absolute atomic E-state index is 0.0434. The average Bonchev–Trinajstić information content (AvgIpc) is 2.72. The second kappa shape index (κ2) is 10.9. The van der Waals surface area contributed by atoms with Crippen molar-refractivity contribution < 1.29 is 4.43 Å². The van der Waals surface area contributed by atoms with E-state index >= 15 is 0 Å². The number of benzene rings is 2. The van der Waals surface area contributed by atoms with Gasteiger partial charge in [-0.15, -0.1) is 0 Å². The lowest BCUT2D eigenvalue weighted by Gasteiger charge is -2.43. The molecule has 2 aromatic carbocycles. The highest BCUT2D eigenvalue weighted by atomic mass is 28.4. The lowest BCUT2D eigenvalue weighted by Crippen LogP contribution is -2.66. The zero-order valence-corrected chi connectivity index (χ0v) is 20.3. The van der Waals surface area contributed by atoms with E-state index in [4.69, 9.17) is 4.43 Å². The fourth-order valence-electron chi connectivity index (χ4n) is 4.32. The lowest BCUT2D eigenvalue weighted by molar-refractivity contribution is 0.226. The highest BCUT2D eigenvalue weighted by molar-refractivity contribution is 6.99. The van der Waals surface area contributed by atoms with Gasteiger partial charge in [0.25, 0.3) is 8.32 Å². The zero-order chi connectivity index (χ0) is 21.3. The summed E-state index contributed by atoms with van der Waals surface area (Å²) in [5.74, 6) is 1.18. The third-order valence-corrected chi connectivity index (χ3v) is 10.9. The Kier molecular flexibility index (Phi) is 8.92. The van der Waals surface area contributed by atoms with Crippen molar-refractivity contribution >= 4 is 18.7 Å². The van der Waals surface area contributed by atoms with Crippen molar-refractivity contribution in [1.82, 2.24) is 0 Å². The summed E-state index contributed by atoms with van der Waals surface area (Å²) in [5.41, 5.74) is 0. The molecule has 2 heteroatoms. The number of hydrogen-bond donors (Lipinski definition) is 0. The topological polar surface area (TPSA) is 9.23 Å². The molecule has 0 bridgehead atoms. The SMILES string of the molecule is CC/C=C/[C@H](CC)C[C@@H](C)CO[Si](c1ccccc1)(c1ccccc1)C(C)(C)C. The molecule has 0 saturated heterocycles. The number of rotatable bonds is 10. The van der Waals surface area contributed by atoms with Crippen LogP contribution in [0.25, 0.3) is 0 Å². The maximum atomic E-state index is 7.09. The molecule has 0 radical (unpaired) electrons. The summed E-state index contributed by atoms with van der Waals surface area (Å²) in [5, 5.41) is 2.77. The van der Waals surface area contributed by atoms with Crippen LogP contribution in [0.15, 0.2) is 72.8 Å². The van der Waals surface area contributed by atoms with Gasteiger partial charge in [-0.05, 0) is 46.5 Å². The quantitative estimate of drug-likeness (QED) is 0.318. The second-order valence-corrected chi connectivity index (χ2v) is 13.6. The summed E-state index contributed by atoms with van der Waals surface area (Å²) in [7, 11) is -2.42. The molecule has 2 atom stereocenters. The monoisotopic (exact) mass is 408 g/mol. The standard InChI is InChI=1S/C27H40OSi/c1-7-9-16-24(8-2)21-23(3)22-28-29(27(4,5)6,25-17-12-10-13-18-25)26-19-14-11-15-20-26/h9-20,23-24H,7-8,21-22H2,1-6H3/b16-9+/t23-,24+/m1/s1. The minimum Gasteiger partial charge on any atom is -0.407 e. The number of allylic oxidation sites excluding steroid dienone is 2. The Morgan fingerprint density at radius 1 is 0.897 bits per heavy atom. The lowest BCUT2D eigenvalue weighted by atomic mass is 9.93. The van der Waals surface area contributed by atoms with Crippen molar-refractivity contribution in [3.8, 4) is 0 Å². The molecular weight excluding hydrogens is 368 g/mol. The van der Waals surface area contributed by atoms with Crippen LogP contribution in [0.1, 0.15) is 60.8 Å².